The fourth-order valence-corrected chi connectivity index (χ4v) is 2.45. The van der Waals surface area contributed by atoms with Crippen LogP contribution in [0.1, 0.15) is 24.8 Å². The molecule has 0 atom stereocenters. The molecule has 3 N–H and O–H groups in total. The van der Waals surface area contributed by atoms with Crippen LogP contribution in [0.2, 0.25) is 0 Å². The van der Waals surface area contributed by atoms with Gasteiger partial charge in [0.15, 0.2) is 5.96 Å². The Kier molecular flexibility index (Phi) is 7.42. The third kappa shape index (κ3) is 5.84. The zero-order chi connectivity index (χ0) is 16.8. The summed E-state index contributed by atoms with van der Waals surface area (Å²) in [7, 11) is 0. The second-order valence-corrected chi connectivity index (χ2v) is 5.91. The van der Waals surface area contributed by atoms with Crippen LogP contribution in [0.3, 0.4) is 0 Å². The van der Waals surface area contributed by atoms with Gasteiger partial charge in [0.1, 0.15) is 11.6 Å². The van der Waals surface area contributed by atoms with Crippen LogP contribution in [0.25, 0.3) is 0 Å². The molecule has 25 heavy (non-hydrogen) atoms. The van der Waals surface area contributed by atoms with E-state index in [9.17, 15) is 4.39 Å². The van der Waals surface area contributed by atoms with E-state index in [0.29, 0.717) is 30.1 Å². The number of ether oxygens (including phenoxy) is 1. The molecule has 0 aliphatic heterocycles. The Labute approximate surface area is 163 Å². The first-order chi connectivity index (χ1) is 11.7. The monoisotopic (exact) mass is 456 g/mol. The van der Waals surface area contributed by atoms with E-state index < -0.39 is 0 Å². The summed E-state index contributed by atoms with van der Waals surface area (Å²) in [5.74, 6) is 1.58. The topological polar surface area (TPSA) is 72.5 Å². The van der Waals surface area contributed by atoms with Gasteiger partial charge in [0, 0.05) is 24.4 Å². The number of nitrogens with two attached hydrogens (primary N) is 1. The Bertz CT molecular complexity index is 722. The van der Waals surface area contributed by atoms with Gasteiger partial charge in [-0.2, -0.15) is 0 Å². The van der Waals surface area contributed by atoms with Gasteiger partial charge >= 0.3 is 0 Å². The molecule has 1 aromatic carbocycles. The van der Waals surface area contributed by atoms with E-state index in [1.165, 1.54) is 31.4 Å². The van der Waals surface area contributed by atoms with Crippen LogP contribution in [0.4, 0.5) is 4.39 Å². The third-order valence-electron chi connectivity index (χ3n) is 4.08. The standard InChI is InChI=1S/C18H21FN4O.HI/c19-15-7-2-8-16(10-15)24-17-14(6-3-9-21-17)12-23-18(20)22-11-13-4-1-5-13;/h2-3,6-10,13H,1,4-5,11-12H2,(H3,20,22,23);1H. The number of guanidine groups is 1. The summed E-state index contributed by atoms with van der Waals surface area (Å²) in [5, 5.41) is 3.15. The summed E-state index contributed by atoms with van der Waals surface area (Å²) < 4.78 is 18.9. The molecule has 1 saturated carbocycles. The fourth-order valence-electron chi connectivity index (χ4n) is 2.45. The second kappa shape index (κ2) is 9.55. The highest BCUT2D eigenvalue weighted by Crippen LogP contribution is 2.25. The summed E-state index contributed by atoms with van der Waals surface area (Å²) in [6.45, 7) is 1.22. The van der Waals surface area contributed by atoms with E-state index in [1.54, 1.807) is 24.4 Å². The van der Waals surface area contributed by atoms with Crippen molar-refractivity contribution >= 4 is 29.9 Å². The van der Waals surface area contributed by atoms with Crippen molar-refractivity contribution in [3.8, 4) is 11.6 Å². The number of rotatable bonds is 6. The number of hydrogen-bond donors (Lipinski definition) is 2. The van der Waals surface area contributed by atoms with E-state index in [1.807, 2.05) is 6.07 Å². The Morgan fingerprint density at radius 3 is 2.88 bits per heavy atom. The highest BCUT2D eigenvalue weighted by atomic mass is 127. The van der Waals surface area contributed by atoms with Crippen LogP contribution in [0, 0.1) is 11.7 Å². The maximum absolute atomic E-state index is 13.3. The van der Waals surface area contributed by atoms with Crippen LogP contribution in [-0.4, -0.2) is 17.5 Å². The molecule has 0 amide bonds. The van der Waals surface area contributed by atoms with Crippen molar-refractivity contribution in [2.75, 3.05) is 6.54 Å². The third-order valence-corrected chi connectivity index (χ3v) is 4.08. The normalized spacial score (nSPS) is 14.4. The van der Waals surface area contributed by atoms with Crippen LogP contribution in [-0.2, 0) is 6.54 Å². The maximum atomic E-state index is 13.3. The minimum absolute atomic E-state index is 0. The Morgan fingerprint density at radius 2 is 2.16 bits per heavy atom. The van der Waals surface area contributed by atoms with Gasteiger partial charge in [0.25, 0.3) is 0 Å². The number of hydrogen-bond acceptors (Lipinski definition) is 3. The van der Waals surface area contributed by atoms with E-state index in [2.05, 4.69) is 15.3 Å². The van der Waals surface area contributed by atoms with E-state index in [0.717, 1.165) is 12.1 Å². The fraction of sp³-hybridized carbons (Fsp3) is 0.333. The first kappa shape index (κ1) is 19.4. The quantitative estimate of drug-likeness (QED) is 0.394. The molecule has 1 fully saturated rings. The number of halogens is 2. The molecule has 3 rings (SSSR count). The maximum Gasteiger partial charge on any atom is 0.224 e. The molecule has 1 heterocycles. The van der Waals surface area contributed by atoms with Crippen LogP contribution < -0.4 is 15.8 Å². The minimum Gasteiger partial charge on any atom is -0.439 e. The molecule has 2 aromatic rings. The van der Waals surface area contributed by atoms with Gasteiger partial charge in [0.2, 0.25) is 5.88 Å². The van der Waals surface area contributed by atoms with Crippen molar-refractivity contribution in [1.29, 1.82) is 0 Å². The summed E-state index contributed by atoms with van der Waals surface area (Å²) in [4.78, 5) is 8.54. The predicted molar refractivity (Wildman–Crippen MR) is 107 cm³/mol. The molecule has 0 spiro atoms. The molecular formula is C18H22FIN4O. The number of pyridine rings is 1. The van der Waals surface area contributed by atoms with Crippen LogP contribution in [0.5, 0.6) is 11.6 Å². The highest BCUT2D eigenvalue weighted by Gasteiger charge is 2.16. The zero-order valence-corrected chi connectivity index (χ0v) is 16.2. The van der Waals surface area contributed by atoms with Crippen LogP contribution in [0.15, 0.2) is 47.6 Å². The largest absolute Gasteiger partial charge is 0.439 e. The molecule has 1 aromatic heterocycles. The molecule has 7 heteroatoms. The minimum atomic E-state index is -0.354. The number of aromatic nitrogens is 1. The summed E-state index contributed by atoms with van der Waals surface area (Å²) in [6.07, 6.45) is 5.45. The molecule has 134 valence electrons. The zero-order valence-electron chi connectivity index (χ0n) is 13.8. The molecule has 0 radical (unpaired) electrons. The Balaban J connectivity index is 0.00000225. The second-order valence-electron chi connectivity index (χ2n) is 5.91. The van der Waals surface area contributed by atoms with Crippen LogP contribution >= 0.6 is 24.0 Å². The van der Waals surface area contributed by atoms with Crippen molar-refractivity contribution in [3.63, 3.8) is 0 Å². The van der Waals surface area contributed by atoms with Gasteiger partial charge in [0.05, 0.1) is 6.54 Å². The van der Waals surface area contributed by atoms with Gasteiger partial charge in [-0.1, -0.05) is 18.6 Å². The van der Waals surface area contributed by atoms with Gasteiger partial charge in [-0.15, -0.1) is 24.0 Å². The number of nitrogens with zero attached hydrogens (tertiary/aromatic N) is 2. The molecule has 1 aliphatic carbocycles. The van der Waals surface area contributed by atoms with Gasteiger partial charge < -0.3 is 15.8 Å². The first-order valence-corrected chi connectivity index (χ1v) is 8.12. The average Bonchev–Trinajstić information content (AvgIpc) is 2.53. The predicted octanol–water partition coefficient (Wildman–Crippen LogP) is 3.84. The highest BCUT2D eigenvalue weighted by molar-refractivity contribution is 14.0. The molecule has 0 bridgehead atoms. The molecular weight excluding hydrogens is 434 g/mol. The van der Waals surface area contributed by atoms with Gasteiger partial charge in [-0.25, -0.2) is 14.4 Å². The van der Waals surface area contributed by atoms with Gasteiger partial charge in [-0.05, 0) is 37.0 Å². The Hall–Kier alpha value is -1.90. The van der Waals surface area contributed by atoms with E-state index in [4.69, 9.17) is 10.5 Å². The van der Waals surface area contributed by atoms with Crippen molar-refractivity contribution in [2.24, 2.45) is 16.6 Å². The lowest BCUT2D eigenvalue weighted by Gasteiger charge is -2.25. The van der Waals surface area contributed by atoms with Crippen molar-refractivity contribution in [1.82, 2.24) is 10.3 Å². The molecule has 0 unspecified atom stereocenters. The lowest BCUT2D eigenvalue weighted by Crippen LogP contribution is -2.37. The molecule has 1 aliphatic rings. The van der Waals surface area contributed by atoms with E-state index in [-0.39, 0.29) is 29.8 Å². The molecule has 5 nitrogen and oxygen atoms in total. The molecule has 0 saturated heterocycles. The average molecular weight is 456 g/mol. The van der Waals surface area contributed by atoms with E-state index >= 15 is 0 Å². The summed E-state index contributed by atoms with van der Waals surface area (Å²) >= 11 is 0. The Morgan fingerprint density at radius 1 is 1.32 bits per heavy atom. The SMILES string of the molecule is I.NC(=NCc1cccnc1Oc1cccc(F)c1)NCC1CCC1. The lowest BCUT2D eigenvalue weighted by molar-refractivity contribution is 0.315. The first-order valence-electron chi connectivity index (χ1n) is 8.12. The van der Waals surface area contributed by atoms with Gasteiger partial charge in [-0.3, -0.25) is 0 Å². The van der Waals surface area contributed by atoms with Crippen molar-refractivity contribution in [3.05, 3.63) is 54.0 Å². The summed E-state index contributed by atoms with van der Waals surface area (Å²) in [6, 6.07) is 9.62. The smallest absolute Gasteiger partial charge is 0.224 e. The van der Waals surface area contributed by atoms with Crippen molar-refractivity contribution in [2.45, 2.75) is 25.8 Å². The summed E-state index contributed by atoms with van der Waals surface area (Å²) in [5.41, 5.74) is 6.69. The lowest BCUT2D eigenvalue weighted by atomic mass is 9.85. The number of nitrogens with one attached hydrogen (secondary N) is 1. The van der Waals surface area contributed by atoms with Crippen molar-refractivity contribution < 1.29 is 9.13 Å². The number of benzene rings is 1. The number of aliphatic imine (C=N–C) groups is 1.